The van der Waals surface area contributed by atoms with Gasteiger partial charge in [-0.3, -0.25) is 9.59 Å². The summed E-state index contributed by atoms with van der Waals surface area (Å²) in [5.41, 5.74) is 5.66. The molecule has 0 unspecified atom stereocenters. The van der Waals surface area contributed by atoms with Gasteiger partial charge in [0.05, 0.1) is 0 Å². The first-order valence-electron chi connectivity index (χ1n) is 13.5. The third-order valence-corrected chi connectivity index (χ3v) is 6.70. The summed E-state index contributed by atoms with van der Waals surface area (Å²) in [6, 6.07) is 26.1. The molecule has 0 saturated carbocycles. The van der Waals surface area contributed by atoms with E-state index in [1.54, 1.807) is 4.90 Å². The topological polar surface area (TPSA) is 49.4 Å². The maximum Gasteiger partial charge on any atom is 0.243 e. The Labute approximate surface area is 223 Å². The van der Waals surface area contributed by atoms with Gasteiger partial charge in [-0.05, 0) is 47.4 Å². The Morgan fingerprint density at radius 2 is 1.41 bits per heavy atom. The Balaban J connectivity index is 1.86. The number of carbonyl (C=O) groups excluding carboxylic acids is 2. The number of benzene rings is 3. The van der Waals surface area contributed by atoms with Gasteiger partial charge in [-0.15, -0.1) is 0 Å². The molecule has 1 N–H and O–H groups in total. The summed E-state index contributed by atoms with van der Waals surface area (Å²) in [6.45, 7) is 11.5. The van der Waals surface area contributed by atoms with E-state index < -0.39 is 6.04 Å². The van der Waals surface area contributed by atoms with Gasteiger partial charge in [0.1, 0.15) is 6.04 Å². The van der Waals surface area contributed by atoms with Gasteiger partial charge in [0, 0.05) is 25.9 Å². The maximum absolute atomic E-state index is 13.8. The Kier molecular flexibility index (Phi) is 10.5. The highest BCUT2D eigenvalue weighted by molar-refractivity contribution is 5.88. The first kappa shape index (κ1) is 28.2. The third-order valence-electron chi connectivity index (χ3n) is 6.70. The molecule has 4 heteroatoms. The molecule has 1 atom stereocenters. The number of rotatable bonds is 12. The van der Waals surface area contributed by atoms with Crippen LogP contribution >= 0.6 is 0 Å². The lowest BCUT2D eigenvalue weighted by molar-refractivity contribution is -0.141. The molecular formula is C33H42N2O2. The van der Waals surface area contributed by atoms with Gasteiger partial charge in [0.25, 0.3) is 0 Å². The van der Waals surface area contributed by atoms with Crippen molar-refractivity contribution in [3.05, 3.63) is 107 Å². The van der Waals surface area contributed by atoms with Crippen LogP contribution in [-0.2, 0) is 29.0 Å². The number of hydrogen-bond donors (Lipinski definition) is 1. The molecule has 196 valence electrons. The molecule has 3 aromatic carbocycles. The Hall–Kier alpha value is -3.40. The zero-order valence-electron chi connectivity index (χ0n) is 23.0. The number of carbonyl (C=O) groups is 2. The molecule has 0 aliphatic rings. The molecule has 0 radical (unpaired) electrons. The number of hydrogen-bond acceptors (Lipinski definition) is 2. The fraction of sp³-hybridized carbons (Fsp3) is 0.394. The van der Waals surface area contributed by atoms with E-state index >= 15 is 0 Å². The summed E-state index contributed by atoms with van der Waals surface area (Å²) in [7, 11) is 0. The minimum Gasteiger partial charge on any atom is -0.354 e. The van der Waals surface area contributed by atoms with Crippen LogP contribution in [0.25, 0.3) is 0 Å². The molecule has 3 rings (SSSR count). The zero-order valence-corrected chi connectivity index (χ0v) is 23.0. The summed E-state index contributed by atoms with van der Waals surface area (Å²) < 4.78 is 0. The van der Waals surface area contributed by atoms with Crippen molar-refractivity contribution in [1.82, 2.24) is 10.2 Å². The molecule has 0 heterocycles. The molecule has 0 spiro atoms. The first-order valence-corrected chi connectivity index (χ1v) is 13.5. The van der Waals surface area contributed by atoms with Gasteiger partial charge in [-0.25, -0.2) is 0 Å². The van der Waals surface area contributed by atoms with Crippen molar-refractivity contribution >= 4 is 11.8 Å². The van der Waals surface area contributed by atoms with E-state index in [1.165, 1.54) is 11.1 Å². The van der Waals surface area contributed by atoms with Crippen molar-refractivity contribution < 1.29 is 9.59 Å². The second-order valence-corrected chi connectivity index (χ2v) is 10.7. The maximum atomic E-state index is 13.8. The van der Waals surface area contributed by atoms with Crippen LogP contribution in [0.3, 0.4) is 0 Å². The smallest absolute Gasteiger partial charge is 0.243 e. The highest BCUT2D eigenvalue weighted by atomic mass is 16.2. The fourth-order valence-electron chi connectivity index (χ4n) is 4.33. The van der Waals surface area contributed by atoms with Crippen LogP contribution in [0.1, 0.15) is 67.9 Å². The van der Waals surface area contributed by atoms with Crippen LogP contribution in [-0.4, -0.2) is 29.3 Å². The summed E-state index contributed by atoms with van der Waals surface area (Å²) in [5.74, 6) is 0.702. The average Bonchev–Trinajstić information content (AvgIpc) is 2.89. The van der Waals surface area contributed by atoms with Crippen molar-refractivity contribution in [3.8, 4) is 0 Å². The summed E-state index contributed by atoms with van der Waals surface area (Å²) >= 11 is 0. The van der Waals surface area contributed by atoms with E-state index in [0.717, 1.165) is 16.7 Å². The van der Waals surface area contributed by atoms with Gasteiger partial charge in [0.2, 0.25) is 11.8 Å². The van der Waals surface area contributed by atoms with Gasteiger partial charge in [0.15, 0.2) is 0 Å². The summed E-state index contributed by atoms with van der Waals surface area (Å²) in [6.07, 6.45) is 1.48. The van der Waals surface area contributed by atoms with Crippen LogP contribution in [0.5, 0.6) is 0 Å². The molecule has 2 amide bonds. The van der Waals surface area contributed by atoms with E-state index in [9.17, 15) is 9.59 Å². The Morgan fingerprint density at radius 3 is 2.00 bits per heavy atom. The number of amides is 2. The molecule has 37 heavy (non-hydrogen) atoms. The van der Waals surface area contributed by atoms with Crippen LogP contribution < -0.4 is 5.32 Å². The number of nitrogens with one attached hydrogen (secondary N) is 1. The molecule has 0 fully saturated rings. The van der Waals surface area contributed by atoms with E-state index in [0.29, 0.717) is 44.2 Å². The monoisotopic (exact) mass is 498 g/mol. The molecule has 0 aromatic heterocycles. The lowest BCUT2D eigenvalue weighted by Gasteiger charge is -2.32. The van der Waals surface area contributed by atoms with Gasteiger partial charge in [-0.1, -0.05) is 112 Å². The molecule has 0 saturated heterocycles. The van der Waals surface area contributed by atoms with E-state index in [1.807, 2.05) is 42.5 Å². The predicted molar refractivity (Wildman–Crippen MR) is 152 cm³/mol. The average molecular weight is 499 g/mol. The molecule has 4 nitrogen and oxygen atoms in total. The standard InChI is InChI=1S/C33H42N2O2/c1-24(2)22-34-33(37)31(21-28-9-7-6-8-10-28)35(23-29-13-11-26(5)12-14-29)32(36)20-17-27-15-18-30(19-16-27)25(3)4/h6-16,18-19,24-25,31H,17,20-23H2,1-5H3,(H,34,37)/t31-/m1/s1. The van der Waals surface area contributed by atoms with Crippen molar-refractivity contribution in [1.29, 1.82) is 0 Å². The highest BCUT2D eigenvalue weighted by Crippen LogP contribution is 2.19. The van der Waals surface area contributed by atoms with Gasteiger partial charge >= 0.3 is 0 Å². The summed E-state index contributed by atoms with van der Waals surface area (Å²) in [5, 5.41) is 3.09. The second-order valence-electron chi connectivity index (χ2n) is 10.7. The second kappa shape index (κ2) is 13.8. The van der Waals surface area contributed by atoms with E-state index in [2.05, 4.69) is 76.3 Å². The third kappa shape index (κ3) is 8.89. The van der Waals surface area contributed by atoms with Crippen molar-refractivity contribution in [2.24, 2.45) is 5.92 Å². The molecule has 0 aliphatic carbocycles. The molecular weight excluding hydrogens is 456 g/mol. The lowest BCUT2D eigenvalue weighted by atomic mass is 9.99. The SMILES string of the molecule is Cc1ccc(CN(C(=O)CCc2ccc(C(C)C)cc2)[C@H](Cc2ccccc2)C(=O)NCC(C)C)cc1. The lowest BCUT2D eigenvalue weighted by Crippen LogP contribution is -2.51. The fourth-order valence-corrected chi connectivity index (χ4v) is 4.33. The number of aryl methyl sites for hydroxylation is 2. The van der Waals surface area contributed by atoms with Crippen molar-refractivity contribution in [2.75, 3.05) is 6.54 Å². The van der Waals surface area contributed by atoms with Crippen LogP contribution in [0.4, 0.5) is 0 Å². The number of nitrogens with zero attached hydrogens (tertiary/aromatic N) is 1. The zero-order chi connectivity index (χ0) is 26.8. The normalized spacial score (nSPS) is 12.0. The Morgan fingerprint density at radius 1 is 0.784 bits per heavy atom. The summed E-state index contributed by atoms with van der Waals surface area (Å²) in [4.78, 5) is 29.1. The van der Waals surface area contributed by atoms with Crippen LogP contribution in [0.2, 0.25) is 0 Å². The van der Waals surface area contributed by atoms with E-state index in [4.69, 9.17) is 0 Å². The molecule has 3 aromatic rings. The first-order chi connectivity index (χ1) is 17.7. The minimum atomic E-state index is -0.585. The van der Waals surface area contributed by atoms with Crippen LogP contribution in [0, 0.1) is 12.8 Å². The quantitative estimate of drug-likeness (QED) is 0.311. The van der Waals surface area contributed by atoms with Gasteiger partial charge < -0.3 is 10.2 Å². The van der Waals surface area contributed by atoms with Gasteiger partial charge in [-0.2, -0.15) is 0 Å². The minimum absolute atomic E-state index is 0.00543. The predicted octanol–water partition coefficient (Wildman–Crippen LogP) is 6.46. The Bertz CT molecular complexity index is 1120. The molecule has 0 bridgehead atoms. The highest BCUT2D eigenvalue weighted by Gasteiger charge is 2.30. The van der Waals surface area contributed by atoms with Crippen molar-refractivity contribution in [2.45, 2.75) is 72.4 Å². The van der Waals surface area contributed by atoms with Crippen LogP contribution in [0.15, 0.2) is 78.9 Å². The molecule has 0 aliphatic heterocycles. The van der Waals surface area contributed by atoms with E-state index in [-0.39, 0.29) is 11.8 Å². The van der Waals surface area contributed by atoms with Crippen molar-refractivity contribution in [3.63, 3.8) is 0 Å². The largest absolute Gasteiger partial charge is 0.354 e.